The summed E-state index contributed by atoms with van der Waals surface area (Å²) in [7, 11) is -4.44. The van der Waals surface area contributed by atoms with Crippen LogP contribution in [0.15, 0.2) is 65.1 Å². The summed E-state index contributed by atoms with van der Waals surface area (Å²) in [5, 5.41) is 0. The fourth-order valence-electron chi connectivity index (χ4n) is 3.19. The van der Waals surface area contributed by atoms with Crippen molar-refractivity contribution in [2.45, 2.75) is 20.8 Å². The van der Waals surface area contributed by atoms with Crippen LogP contribution in [-0.2, 0) is 4.57 Å². The van der Waals surface area contributed by atoms with Crippen LogP contribution in [0.1, 0.15) is 32.6 Å². The highest BCUT2D eigenvalue weighted by atomic mass is 79.9. The van der Waals surface area contributed by atoms with Gasteiger partial charge in [0, 0.05) is 15.6 Å². The highest BCUT2D eigenvalue weighted by molar-refractivity contribution is 9.10. The minimum absolute atomic E-state index is 0.0686. The largest absolute Gasteiger partial charge is 0.584 e. The molecule has 5 nitrogen and oxygen atoms in total. The van der Waals surface area contributed by atoms with Crippen LogP contribution in [0.3, 0.4) is 0 Å². The van der Waals surface area contributed by atoms with E-state index < -0.39 is 7.82 Å². The molecule has 3 rings (SSSR count). The third-order valence-corrected chi connectivity index (χ3v) is 5.61. The van der Waals surface area contributed by atoms with Gasteiger partial charge in [-0.25, -0.2) is 4.57 Å². The van der Waals surface area contributed by atoms with E-state index in [1.54, 1.807) is 36.4 Å². The molecular formula is C22H20BrO5P. The lowest BCUT2D eigenvalue weighted by atomic mass is 9.93. The molecule has 0 aliphatic rings. The highest BCUT2D eigenvalue weighted by Gasteiger charge is 2.26. The third-order valence-electron chi connectivity index (χ3n) is 4.24. The minimum Gasteiger partial charge on any atom is -0.395 e. The van der Waals surface area contributed by atoms with Gasteiger partial charge >= 0.3 is 7.82 Å². The van der Waals surface area contributed by atoms with Crippen LogP contribution in [0.5, 0.6) is 11.5 Å². The maximum Gasteiger partial charge on any atom is 0.584 e. The molecule has 1 atom stereocenters. The van der Waals surface area contributed by atoms with E-state index in [1.807, 2.05) is 32.9 Å². The first-order valence-electron chi connectivity index (χ1n) is 8.85. The van der Waals surface area contributed by atoms with Gasteiger partial charge in [-0.15, -0.1) is 0 Å². The summed E-state index contributed by atoms with van der Waals surface area (Å²) in [5.41, 5.74) is 3.82. The maximum absolute atomic E-state index is 13.0. The second kappa shape index (κ2) is 8.54. The Bertz CT molecular complexity index is 1100. The Hall–Kier alpha value is -2.40. The summed E-state index contributed by atoms with van der Waals surface area (Å²) in [6.45, 7) is 5.76. The number of phosphoric acid groups is 1. The molecule has 3 aromatic carbocycles. The summed E-state index contributed by atoms with van der Waals surface area (Å²) < 4.78 is 23.3. The number of hydrogen-bond acceptors (Lipinski definition) is 4. The Labute approximate surface area is 178 Å². The minimum atomic E-state index is -4.44. The molecule has 0 amide bonds. The molecule has 0 spiro atoms. The second-order valence-corrected chi connectivity index (χ2v) is 8.96. The number of benzene rings is 3. The maximum atomic E-state index is 13.0. The monoisotopic (exact) mass is 474 g/mol. The average Bonchev–Trinajstić information content (AvgIpc) is 2.60. The summed E-state index contributed by atoms with van der Waals surface area (Å²) in [5.74, 6) is 0.0774. The van der Waals surface area contributed by atoms with Crippen molar-refractivity contribution in [1.82, 2.24) is 0 Å². The summed E-state index contributed by atoms with van der Waals surface area (Å²) in [4.78, 5) is 23.1. The van der Waals surface area contributed by atoms with Crippen molar-refractivity contribution in [2.75, 3.05) is 0 Å². The lowest BCUT2D eigenvalue weighted by molar-refractivity contribution is 0.103. The molecule has 150 valence electrons. The van der Waals surface area contributed by atoms with Gasteiger partial charge in [0.15, 0.2) is 5.78 Å². The first kappa shape index (κ1) is 21.3. The van der Waals surface area contributed by atoms with Gasteiger partial charge in [-0.1, -0.05) is 51.8 Å². The first-order chi connectivity index (χ1) is 13.6. The Balaban J connectivity index is 1.84. The molecule has 0 aliphatic heterocycles. The number of rotatable bonds is 6. The molecule has 3 aromatic rings. The van der Waals surface area contributed by atoms with Gasteiger partial charge in [0.2, 0.25) is 0 Å². The quantitative estimate of drug-likeness (QED) is 0.341. The molecule has 1 unspecified atom stereocenters. The molecule has 0 fully saturated rings. The Morgan fingerprint density at radius 1 is 0.897 bits per heavy atom. The van der Waals surface area contributed by atoms with Crippen molar-refractivity contribution >= 4 is 29.5 Å². The average molecular weight is 475 g/mol. The number of halogens is 1. The van der Waals surface area contributed by atoms with E-state index in [4.69, 9.17) is 9.05 Å². The van der Waals surface area contributed by atoms with Gasteiger partial charge in [-0.3, -0.25) is 9.69 Å². The van der Waals surface area contributed by atoms with Gasteiger partial charge in [-0.2, -0.15) is 0 Å². The molecule has 0 saturated heterocycles. The number of ketones is 1. The molecule has 1 N–H and O–H groups in total. The van der Waals surface area contributed by atoms with Crippen molar-refractivity contribution in [2.24, 2.45) is 0 Å². The van der Waals surface area contributed by atoms with Crippen LogP contribution < -0.4 is 9.05 Å². The zero-order valence-corrected chi connectivity index (χ0v) is 18.7. The lowest BCUT2D eigenvalue weighted by Gasteiger charge is -2.15. The molecule has 7 heteroatoms. The van der Waals surface area contributed by atoms with Gasteiger partial charge < -0.3 is 9.05 Å². The molecule has 0 aliphatic carbocycles. The molecule has 0 radical (unpaired) electrons. The van der Waals surface area contributed by atoms with Crippen LogP contribution >= 0.6 is 23.8 Å². The van der Waals surface area contributed by atoms with E-state index >= 15 is 0 Å². The van der Waals surface area contributed by atoms with Crippen molar-refractivity contribution in [3.05, 3.63) is 93.0 Å². The number of carbonyl (C=O) groups excluding carboxylic acids is 1. The van der Waals surface area contributed by atoms with E-state index in [-0.39, 0.29) is 17.3 Å². The van der Waals surface area contributed by atoms with Crippen molar-refractivity contribution < 1.29 is 23.3 Å². The zero-order valence-electron chi connectivity index (χ0n) is 16.2. The van der Waals surface area contributed by atoms with Gasteiger partial charge in [0.1, 0.15) is 11.5 Å². The van der Waals surface area contributed by atoms with Crippen molar-refractivity contribution in [3.63, 3.8) is 0 Å². The van der Waals surface area contributed by atoms with Crippen molar-refractivity contribution in [1.29, 1.82) is 0 Å². The fourth-order valence-corrected chi connectivity index (χ4v) is 4.36. The van der Waals surface area contributed by atoms with Gasteiger partial charge in [0.25, 0.3) is 0 Å². The van der Waals surface area contributed by atoms with E-state index in [2.05, 4.69) is 15.9 Å². The number of carbonyl (C=O) groups is 1. The second-order valence-electron chi connectivity index (χ2n) is 6.74. The van der Waals surface area contributed by atoms with Crippen LogP contribution in [0, 0.1) is 20.8 Å². The zero-order chi connectivity index (χ0) is 21.2. The van der Waals surface area contributed by atoms with E-state index in [1.165, 1.54) is 12.1 Å². The fraction of sp³-hybridized carbons (Fsp3) is 0.136. The number of hydrogen-bond donors (Lipinski definition) is 1. The van der Waals surface area contributed by atoms with Crippen LogP contribution in [0.4, 0.5) is 0 Å². The lowest BCUT2D eigenvalue weighted by Crippen LogP contribution is -2.07. The van der Waals surface area contributed by atoms with Gasteiger partial charge in [-0.05, 0) is 62.2 Å². The smallest absolute Gasteiger partial charge is 0.395 e. The molecule has 29 heavy (non-hydrogen) atoms. The summed E-state index contributed by atoms with van der Waals surface area (Å²) >= 11 is 3.27. The normalized spacial score (nSPS) is 12.9. The first-order valence-corrected chi connectivity index (χ1v) is 11.1. The third kappa shape index (κ3) is 5.36. The topological polar surface area (TPSA) is 72.8 Å². The summed E-state index contributed by atoms with van der Waals surface area (Å²) in [6, 6.07) is 16.6. The predicted octanol–water partition coefficient (Wildman–Crippen LogP) is 6.16. The van der Waals surface area contributed by atoms with E-state index in [0.29, 0.717) is 15.6 Å². The predicted molar refractivity (Wildman–Crippen MR) is 116 cm³/mol. The summed E-state index contributed by atoms with van der Waals surface area (Å²) in [6.07, 6.45) is 0. The van der Waals surface area contributed by atoms with Crippen LogP contribution in [-0.4, -0.2) is 10.7 Å². The Kier molecular flexibility index (Phi) is 6.27. The Morgan fingerprint density at radius 3 is 2.03 bits per heavy atom. The molecule has 0 heterocycles. The molecule has 0 aromatic heterocycles. The Morgan fingerprint density at radius 2 is 1.45 bits per heavy atom. The highest BCUT2D eigenvalue weighted by Crippen LogP contribution is 2.44. The van der Waals surface area contributed by atoms with Gasteiger partial charge in [0.05, 0.1) is 0 Å². The van der Waals surface area contributed by atoms with E-state index in [0.717, 1.165) is 16.7 Å². The number of phosphoric ester groups is 1. The van der Waals surface area contributed by atoms with E-state index in [9.17, 15) is 14.3 Å². The van der Waals surface area contributed by atoms with Crippen molar-refractivity contribution in [3.8, 4) is 11.5 Å². The van der Waals surface area contributed by atoms with Crippen LogP contribution in [0.2, 0.25) is 0 Å². The number of aryl methyl sites for hydroxylation is 3. The molecular weight excluding hydrogens is 455 g/mol. The standard InChI is InChI=1S/C22H20BrO5P/c1-14-10-15(2)21(16(3)11-14)22(24)17-6-4-8-19(12-17)27-29(25,26)28-20-9-5-7-18(23)13-20/h4-13H,1-3H3,(H,25,26). The molecule has 0 saturated carbocycles. The molecule has 0 bridgehead atoms. The van der Waals surface area contributed by atoms with Crippen LogP contribution in [0.25, 0.3) is 0 Å². The SMILES string of the molecule is Cc1cc(C)c(C(=O)c2cccc(OP(=O)(O)Oc3cccc(Br)c3)c2)c(C)c1.